The molecule has 0 unspecified atom stereocenters. The zero-order chi connectivity index (χ0) is 42.6. The van der Waals surface area contributed by atoms with E-state index in [4.69, 9.17) is 78.0 Å². The van der Waals surface area contributed by atoms with Crippen molar-refractivity contribution in [1.29, 1.82) is 10.5 Å². The molecule has 2 N–H and O–H groups in total. The molecule has 0 aliphatic carbocycles. The molecule has 0 atom stereocenters. The number of halogens is 5. The van der Waals surface area contributed by atoms with Crippen LogP contribution in [0.4, 0.5) is 0 Å². The molecule has 60 heavy (non-hydrogen) atoms. The zero-order valence-corrected chi connectivity index (χ0v) is 34.8. The second-order valence-corrected chi connectivity index (χ2v) is 14.7. The van der Waals surface area contributed by atoms with Crippen molar-refractivity contribution in [3.05, 3.63) is 194 Å². The normalized spacial score (nSPS) is 10.2. The molecule has 292 valence electrons. The van der Waals surface area contributed by atoms with Crippen LogP contribution in [-0.2, 0) is 0 Å². The van der Waals surface area contributed by atoms with Gasteiger partial charge >= 0.3 is 7.12 Å². The largest absolute Gasteiger partial charge is 0.488 e. The molecule has 8 rings (SSSR count). The van der Waals surface area contributed by atoms with E-state index in [-0.39, 0.29) is 5.15 Å². The Morgan fingerprint density at radius 1 is 0.400 bits per heavy atom. The molecule has 2 aromatic heterocycles. The number of nitrogens with zero attached hydrogens (tertiary/aromatic N) is 6. The van der Waals surface area contributed by atoms with Crippen LogP contribution < -0.4 is 5.46 Å². The van der Waals surface area contributed by atoms with Crippen LogP contribution in [0.25, 0.3) is 56.5 Å². The van der Waals surface area contributed by atoms with Gasteiger partial charge in [0.15, 0.2) is 16.8 Å². The lowest BCUT2D eigenvalue weighted by Crippen LogP contribution is -2.29. The Kier molecular flexibility index (Phi) is 15.0. The fourth-order valence-electron chi connectivity index (χ4n) is 5.77. The predicted octanol–water partition coefficient (Wildman–Crippen LogP) is 11.7. The molecular formula is C46H28BCl5N6O2. The summed E-state index contributed by atoms with van der Waals surface area (Å²) in [7, 11) is -1.52. The van der Waals surface area contributed by atoms with E-state index in [1.54, 1.807) is 18.2 Å². The first kappa shape index (κ1) is 43.5. The van der Waals surface area contributed by atoms with Crippen molar-refractivity contribution in [2.45, 2.75) is 0 Å². The van der Waals surface area contributed by atoms with E-state index in [0.717, 1.165) is 22.3 Å². The molecule has 6 aromatic carbocycles. The monoisotopic (exact) mass is 882 g/mol. The number of hydrogen-bond acceptors (Lipinski definition) is 8. The Hall–Kier alpha value is -6.11. The Labute approximate surface area is 371 Å². The molecule has 0 saturated heterocycles. The van der Waals surface area contributed by atoms with Crippen molar-refractivity contribution in [2.24, 2.45) is 0 Å². The molecular weight excluding hydrogens is 857 g/mol. The lowest BCUT2D eigenvalue weighted by Gasteiger charge is -2.12. The summed E-state index contributed by atoms with van der Waals surface area (Å²) in [6.07, 6.45) is 0. The van der Waals surface area contributed by atoms with E-state index in [0.29, 0.717) is 71.0 Å². The van der Waals surface area contributed by atoms with Crippen molar-refractivity contribution in [2.75, 3.05) is 0 Å². The van der Waals surface area contributed by atoms with Gasteiger partial charge in [-0.2, -0.15) is 10.5 Å². The predicted molar refractivity (Wildman–Crippen MR) is 242 cm³/mol. The van der Waals surface area contributed by atoms with Crippen LogP contribution in [0, 0.1) is 22.7 Å². The van der Waals surface area contributed by atoms with E-state index in [1.165, 1.54) is 18.2 Å². The maximum atomic E-state index is 9.93. The number of nitriles is 2. The molecule has 0 fully saturated rings. The van der Waals surface area contributed by atoms with Crippen LogP contribution in [-0.4, -0.2) is 37.1 Å². The van der Waals surface area contributed by atoms with Crippen molar-refractivity contribution in [3.63, 3.8) is 0 Å². The Balaban J connectivity index is 0.000000166. The quantitative estimate of drug-likeness (QED) is 0.124. The Morgan fingerprint density at radius 3 is 1.12 bits per heavy atom. The van der Waals surface area contributed by atoms with Crippen molar-refractivity contribution >= 4 is 70.6 Å². The van der Waals surface area contributed by atoms with Gasteiger partial charge in [0.25, 0.3) is 0 Å². The number of hydrogen-bond donors (Lipinski definition) is 2. The molecule has 0 radical (unpaired) electrons. The number of aromatic nitrogens is 4. The zero-order valence-electron chi connectivity index (χ0n) is 31.1. The van der Waals surface area contributed by atoms with Crippen molar-refractivity contribution < 1.29 is 10.0 Å². The third kappa shape index (κ3) is 11.1. The average Bonchev–Trinajstić information content (AvgIpc) is 3.26. The first-order valence-electron chi connectivity index (χ1n) is 17.8. The molecule has 0 spiro atoms. The standard InChI is InChI=1S/C23H13Cl2N3.C17H10ClN3.C6H5BCl2O2/c24-18-11-17(12-19(25)13-18)22-20(14-26)21(15-7-3-1-4-8-15)27-23(28-22)16-9-5-2-6-10-16;18-16-14(11-19)15(12-7-3-1-4-8-12)20-17(21-16)13-9-5-2-6-10-13;8-5-1-4(7(10)11)2-6(9)3-5/h1-13H;1-10H;1-3,10-11H. The van der Waals surface area contributed by atoms with Gasteiger partial charge in [-0.05, 0) is 41.9 Å². The summed E-state index contributed by atoms with van der Waals surface area (Å²) < 4.78 is 0. The number of benzene rings is 6. The highest BCUT2D eigenvalue weighted by Crippen LogP contribution is 2.35. The first-order valence-corrected chi connectivity index (χ1v) is 19.7. The first-order chi connectivity index (χ1) is 29.0. The van der Waals surface area contributed by atoms with Crippen LogP contribution in [0.5, 0.6) is 0 Å². The van der Waals surface area contributed by atoms with Crippen LogP contribution in [0.1, 0.15) is 11.1 Å². The second-order valence-electron chi connectivity index (χ2n) is 12.6. The van der Waals surface area contributed by atoms with Gasteiger partial charge in [-0.1, -0.05) is 179 Å². The highest BCUT2D eigenvalue weighted by atomic mass is 35.5. The maximum absolute atomic E-state index is 9.93. The minimum atomic E-state index is -1.52. The maximum Gasteiger partial charge on any atom is 0.488 e. The molecule has 14 heteroatoms. The molecule has 8 nitrogen and oxygen atoms in total. The van der Waals surface area contributed by atoms with Crippen LogP contribution in [0.15, 0.2) is 158 Å². The third-order valence-electron chi connectivity index (χ3n) is 8.47. The van der Waals surface area contributed by atoms with Gasteiger partial charge in [0.1, 0.15) is 23.3 Å². The lowest BCUT2D eigenvalue weighted by atomic mass is 9.80. The van der Waals surface area contributed by atoms with Crippen LogP contribution in [0.3, 0.4) is 0 Å². The Morgan fingerprint density at radius 2 is 0.733 bits per heavy atom. The van der Waals surface area contributed by atoms with E-state index in [1.807, 2.05) is 121 Å². The van der Waals surface area contributed by atoms with E-state index in [2.05, 4.69) is 22.1 Å². The van der Waals surface area contributed by atoms with Crippen molar-refractivity contribution in [3.8, 4) is 68.7 Å². The molecule has 2 heterocycles. The van der Waals surface area contributed by atoms with Crippen LogP contribution >= 0.6 is 58.0 Å². The van der Waals surface area contributed by atoms with Gasteiger partial charge in [0.2, 0.25) is 0 Å². The SMILES string of the molecule is N#Cc1c(-c2ccccc2)nc(-c2ccccc2)nc1-c1cc(Cl)cc(Cl)c1.N#Cc1c(Cl)nc(-c2ccccc2)nc1-c1ccccc1.OB(O)c1cc(Cl)cc(Cl)c1. The Bertz CT molecular complexity index is 2790. The topological polar surface area (TPSA) is 140 Å². The molecule has 0 aliphatic heterocycles. The second kappa shape index (κ2) is 20.7. The smallest absolute Gasteiger partial charge is 0.423 e. The summed E-state index contributed by atoms with van der Waals surface area (Å²) in [5.74, 6) is 1.04. The summed E-state index contributed by atoms with van der Waals surface area (Å²) in [4.78, 5) is 18.2. The fourth-order valence-corrected chi connectivity index (χ4v) is 7.05. The van der Waals surface area contributed by atoms with Gasteiger partial charge < -0.3 is 10.0 Å². The minimum Gasteiger partial charge on any atom is -0.423 e. The van der Waals surface area contributed by atoms with Gasteiger partial charge in [-0.15, -0.1) is 0 Å². The summed E-state index contributed by atoms with van der Waals surface area (Å²) in [5, 5.41) is 38.6. The summed E-state index contributed by atoms with van der Waals surface area (Å²) in [6.45, 7) is 0. The van der Waals surface area contributed by atoms with E-state index >= 15 is 0 Å². The van der Waals surface area contributed by atoms with Crippen LogP contribution in [0.2, 0.25) is 25.2 Å². The third-order valence-corrected chi connectivity index (χ3v) is 9.62. The fraction of sp³-hybridized carbons (Fsp3) is 0. The van der Waals surface area contributed by atoms with E-state index < -0.39 is 7.12 Å². The molecule has 0 bridgehead atoms. The molecule has 0 aliphatic rings. The average molecular weight is 885 g/mol. The summed E-state index contributed by atoms with van der Waals surface area (Å²) in [5.41, 5.74) is 6.67. The van der Waals surface area contributed by atoms with Gasteiger partial charge in [0, 0.05) is 47.9 Å². The molecule has 0 amide bonds. The molecule has 8 aromatic rings. The summed E-state index contributed by atoms with van der Waals surface area (Å²) >= 11 is 29.7. The highest BCUT2D eigenvalue weighted by Gasteiger charge is 2.19. The van der Waals surface area contributed by atoms with Gasteiger partial charge in [-0.25, -0.2) is 19.9 Å². The lowest BCUT2D eigenvalue weighted by molar-refractivity contribution is 0.426. The van der Waals surface area contributed by atoms with Crippen molar-refractivity contribution in [1.82, 2.24) is 19.9 Å². The van der Waals surface area contributed by atoms with E-state index in [9.17, 15) is 10.5 Å². The summed E-state index contributed by atoms with van der Waals surface area (Å²) in [6, 6.07) is 52.2. The minimum absolute atomic E-state index is 0.171. The van der Waals surface area contributed by atoms with Gasteiger partial charge in [-0.3, -0.25) is 0 Å². The van der Waals surface area contributed by atoms with Gasteiger partial charge in [0.05, 0.1) is 17.1 Å². The number of rotatable bonds is 6. The molecule has 0 saturated carbocycles. The highest BCUT2D eigenvalue weighted by molar-refractivity contribution is 6.59.